The van der Waals surface area contributed by atoms with Crippen LogP contribution < -0.4 is 10.6 Å². The number of rotatable bonds is 5. The zero-order valence-electron chi connectivity index (χ0n) is 11.7. The molecule has 2 N–H and O–H groups in total. The van der Waals surface area contributed by atoms with Gasteiger partial charge in [-0.25, -0.2) is 4.39 Å². The molecule has 0 amide bonds. The van der Waals surface area contributed by atoms with Crippen LogP contribution in [0.2, 0.25) is 0 Å². The Morgan fingerprint density at radius 1 is 1.16 bits per heavy atom. The van der Waals surface area contributed by atoms with Crippen molar-refractivity contribution in [3.8, 4) is 0 Å². The SMILES string of the molecule is CC(C)(C)NCCNCc1cc2ccc(F)cc2s1. The first-order valence-corrected chi connectivity index (χ1v) is 7.39. The predicted molar refractivity (Wildman–Crippen MR) is 81.2 cm³/mol. The highest BCUT2D eigenvalue weighted by atomic mass is 32.1. The van der Waals surface area contributed by atoms with Crippen molar-refractivity contribution in [3.63, 3.8) is 0 Å². The molecule has 2 aromatic rings. The van der Waals surface area contributed by atoms with E-state index in [0.29, 0.717) is 0 Å². The van der Waals surface area contributed by atoms with Crippen molar-refractivity contribution in [1.82, 2.24) is 10.6 Å². The van der Waals surface area contributed by atoms with Crippen LogP contribution in [-0.4, -0.2) is 18.6 Å². The molecule has 0 aliphatic rings. The highest BCUT2D eigenvalue weighted by Crippen LogP contribution is 2.26. The second-order valence-corrected chi connectivity index (χ2v) is 6.92. The molecule has 0 saturated heterocycles. The lowest BCUT2D eigenvalue weighted by atomic mass is 10.1. The number of halogens is 1. The van der Waals surface area contributed by atoms with Crippen LogP contribution in [-0.2, 0) is 6.54 Å². The smallest absolute Gasteiger partial charge is 0.124 e. The second-order valence-electron chi connectivity index (χ2n) is 5.75. The minimum absolute atomic E-state index is 0.164. The molecule has 0 aliphatic heterocycles. The summed E-state index contributed by atoms with van der Waals surface area (Å²) in [5.74, 6) is -0.164. The zero-order chi connectivity index (χ0) is 13.9. The van der Waals surface area contributed by atoms with Gasteiger partial charge in [0.25, 0.3) is 0 Å². The molecule has 0 bridgehead atoms. The molecule has 0 aliphatic carbocycles. The summed E-state index contributed by atoms with van der Waals surface area (Å²) in [6.45, 7) is 9.20. The predicted octanol–water partition coefficient (Wildman–Crippen LogP) is 3.52. The summed E-state index contributed by atoms with van der Waals surface area (Å²) in [5, 5.41) is 7.96. The average molecular weight is 280 g/mol. The maximum atomic E-state index is 13.1. The van der Waals surface area contributed by atoms with Gasteiger partial charge in [-0.2, -0.15) is 0 Å². The van der Waals surface area contributed by atoms with E-state index in [9.17, 15) is 4.39 Å². The van der Waals surface area contributed by atoms with Crippen LogP contribution in [0, 0.1) is 5.82 Å². The second kappa shape index (κ2) is 5.99. The third-order valence-electron chi connectivity index (χ3n) is 2.79. The van der Waals surface area contributed by atoms with Crippen molar-refractivity contribution >= 4 is 21.4 Å². The highest BCUT2D eigenvalue weighted by molar-refractivity contribution is 7.19. The largest absolute Gasteiger partial charge is 0.311 e. The molecule has 2 rings (SSSR count). The molecule has 0 unspecified atom stereocenters. The molecule has 0 radical (unpaired) electrons. The monoisotopic (exact) mass is 280 g/mol. The first kappa shape index (κ1) is 14.4. The Hall–Kier alpha value is -0.970. The van der Waals surface area contributed by atoms with Gasteiger partial charge in [0.2, 0.25) is 0 Å². The fourth-order valence-electron chi connectivity index (χ4n) is 1.88. The lowest BCUT2D eigenvalue weighted by molar-refractivity contribution is 0.422. The van der Waals surface area contributed by atoms with Gasteiger partial charge in [-0.15, -0.1) is 11.3 Å². The molecule has 2 nitrogen and oxygen atoms in total. The van der Waals surface area contributed by atoms with E-state index < -0.39 is 0 Å². The number of fused-ring (bicyclic) bond motifs is 1. The fourth-order valence-corrected chi connectivity index (χ4v) is 2.94. The normalized spacial score (nSPS) is 12.2. The molecule has 4 heteroatoms. The molecule has 104 valence electrons. The van der Waals surface area contributed by atoms with Crippen LogP contribution in [0.5, 0.6) is 0 Å². The van der Waals surface area contributed by atoms with E-state index in [1.54, 1.807) is 17.4 Å². The Morgan fingerprint density at radius 3 is 2.68 bits per heavy atom. The van der Waals surface area contributed by atoms with E-state index in [2.05, 4.69) is 37.5 Å². The topological polar surface area (TPSA) is 24.1 Å². The van der Waals surface area contributed by atoms with Crippen molar-refractivity contribution in [3.05, 3.63) is 35.0 Å². The summed E-state index contributed by atoms with van der Waals surface area (Å²) in [7, 11) is 0. The van der Waals surface area contributed by atoms with Gasteiger partial charge in [0, 0.05) is 34.8 Å². The molecular weight excluding hydrogens is 259 g/mol. The molecule has 19 heavy (non-hydrogen) atoms. The van der Waals surface area contributed by atoms with E-state index in [1.807, 2.05) is 6.07 Å². The molecular formula is C15H21FN2S. The van der Waals surface area contributed by atoms with Crippen molar-refractivity contribution in [2.75, 3.05) is 13.1 Å². The van der Waals surface area contributed by atoms with Gasteiger partial charge in [-0.3, -0.25) is 0 Å². The van der Waals surface area contributed by atoms with Crippen LogP contribution in [0.3, 0.4) is 0 Å². The zero-order valence-corrected chi connectivity index (χ0v) is 12.5. The Balaban J connectivity index is 1.82. The summed E-state index contributed by atoms with van der Waals surface area (Å²) < 4.78 is 14.1. The van der Waals surface area contributed by atoms with Crippen molar-refractivity contribution in [2.45, 2.75) is 32.9 Å². The number of benzene rings is 1. The number of nitrogens with one attached hydrogen (secondary N) is 2. The van der Waals surface area contributed by atoms with Gasteiger partial charge in [-0.05, 0) is 44.4 Å². The summed E-state index contributed by atoms with van der Waals surface area (Å²) in [4.78, 5) is 1.25. The third-order valence-corrected chi connectivity index (χ3v) is 3.89. The summed E-state index contributed by atoms with van der Waals surface area (Å²) in [6, 6.07) is 7.08. The quantitative estimate of drug-likeness (QED) is 0.819. The average Bonchev–Trinajstić information content (AvgIpc) is 2.68. The lowest BCUT2D eigenvalue weighted by Gasteiger charge is -2.20. The van der Waals surface area contributed by atoms with Crippen molar-refractivity contribution in [1.29, 1.82) is 0 Å². The Bertz CT molecular complexity index is 543. The first-order valence-electron chi connectivity index (χ1n) is 6.58. The molecule has 0 spiro atoms. The summed E-state index contributed by atoms with van der Waals surface area (Å²) in [6.07, 6.45) is 0. The molecule has 1 heterocycles. The summed E-state index contributed by atoms with van der Waals surface area (Å²) >= 11 is 1.65. The molecule has 1 aromatic carbocycles. The minimum Gasteiger partial charge on any atom is -0.311 e. The Labute approximate surface area is 118 Å². The van der Waals surface area contributed by atoms with Crippen LogP contribution in [0.25, 0.3) is 10.1 Å². The van der Waals surface area contributed by atoms with Gasteiger partial charge >= 0.3 is 0 Å². The van der Waals surface area contributed by atoms with Gasteiger partial charge in [0.15, 0.2) is 0 Å². The molecule has 0 atom stereocenters. The summed E-state index contributed by atoms with van der Waals surface area (Å²) in [5.41, 5.74) is 0.164. The van der Waals surface area contributed by atoms with E-state index in [4.69, 9.17) is 0 Å². The van der Waals surface area contributed by atoms with Crippen LogP contribution in [0.4, 0.5) is 4.39 Å². The first-order chi connectivity index (χ1) is 8.94. The third kappa shape index (κ3) is 4.56. The molecule has 1 aromatic heterocycles. The minimum atomic E-state index is -0.164. The number of hydrogen-bond donors (Lipinski definition) is 2. The van der Waals surface area contributed by atoms with E-state index in [-0.39, 0.29) is 11.4 Å². The highest BCUT2D eigenvalue weighted by Gasteiger charge is 2.07. The van der Waals surface area contributed by atoms with Crippen LogP contribution >= 0.6 is 11.3 Å². The Morgan fingerprint density at radius 2 is 1.95 bits per heavy atom. The van der Waals surface area contributed by atoms with Crippen molar-refractivity contribution in [2.24, 2.45) is 0 Å². The van der Waals surface area contributed by atoms with Gasteiger partial charge in [-0.1, -0.05) is 6.07 Å². The van der Waals surface area contributed by atoms with E-state index >= 15 is 0 Å². The lowest BCUT2D eigenvalue weighted by Crippen LogP contribution is -2.40. The molecule has 0 fully saturated rings. The Kier molecular flexibility index (Phi) is 4.55. The number of thiophene rings is 1. The van der Waals surface area contributed by atoms with Gasteiger partial charge < -0.3 is 10.6 Å². The van der Waals surface area contributed by atoms with Crippen LogP contribution in [0.1, 0.15) is 25.6 Å². The van der Waals surface area contributed by atoms with Gasteiger partial charge in [0.05, 0.1) is 0 Å². The fraction of sp³-hybridized carbons (Fsp3) is 0.467. The maximum absolute atomic E-state index is 13.1. The number of hydrogen-bond acceptors (Lipinski definition) is 3. The molecule has 0 saturated carbocycles. The van der Waals surface area contributed by atoms with E-state index in [1.165, 1.54) is 10.9 Å². The standard InChI is InChI=1S/C15H21FN2S/c1-15(2,3)18-7-6-17-10-13-8-11-4-5-12(16)9-14(11)19-13/h4-5,8-9,17-18H,6-7,10H2,1-3H3. The van der Waals surface area contributed by atoms with Gasteiger partial charge in [0.1, 0.15) is 5.82 Å². The maximum Gasteiger partial charge on any atom is 0.124 e. The van der Waals surface area contributed by atoms with Crippen molar-refractivity contribution < 1.29 is 4.39 Å². The van der Waals surface area contributed by atoms with E-state index in [0.717, 1.165) is 29.7 Å². The van der Waals surface area contributed by atoms with Crippen LogP contribution in [0.15, 0.2) is 24.3 Å².